The van der Waals surface area contributed by atoms with Crippen LogP contribution in [0.3, 0.4) is 0 Å². The summed E-state index contributed by atoms with van der Waals surface area (Å²) in [4.78, 5) is 20.9. The van der Waals surface area contributed by atoms with Gasteiger partial charge in [0.05, 0.1) is 25.7 Å². The Hall–Kier alpha value is -1.89. The van der Waals surface area contributed by atoms with Crippen molar-refractivity contribution in [1.29, 1.82) is 0 Å². The first-order valence-electron chi connectivity index (χ1n) is 6.22. The number of ether oxygens (including phenoxy) is 2. The van der Waals surface area contributed by atoms with Crippen LogP contribution in [0.4, 0.5) is 5.82 Å². The van der Waals surface area contributed by atoms with Crippen molar-refractivity contribution < 1.29 is 19.4 Å². The first-order valence-corrected chi connectivity index (χ1v) is 6.22. The molecule has 1 unspecified atom stereocenters. The lowest BCUT2D eigenvalue weighted by atomic mass is 10.2. The highest BCUT2D eigenvalue weighted by molar-refractivity contribution is 5.67. The smallest absolute Gasteiger partial charge is 0.306 e. The number of carbonyl (C=O) groups is 1. The van der Waals surface area contributed by atoms with Crippen molar-refractivity contribution in [1.82, 2.24) is 9.97 Å². The third kappa shape index (κ3) is 3.78. The van der Waals surface area contributed by atoms with E-state index in [1.165, 1.54) is 6.33 Å². The monoisotopic (exact) mass is 267 g/mol. The van der Waals surface area contributed by atoms with Gasteiger partial charge < -0.3 is 19.5 Å². The maximum atomic E-state index is 10.7. The Morgan fingerprint density at radius 2 is 2.47 bits per heavy atom. The molecule has 1 fully saturated rings. The molecular weight excluding hydrogens is 250 g/mol. The van der Waals surface area contributed by atoms with Gasteiger partial charge in [-0.25, -0.2) is 9.97 Å². The lowest BCUT2D eigenvalue weighted by Gasteiger charge is -2.33. The van der Waals surface area contributed by atoms with Gasteiger partial charge in [0.1, 0.15) is 12.1 Å². The molecule has 1 N–H and O–H groups in total. The zero-order valence-corrected chi connectivity index (χ0v) is 10.8. The van der Waals surface area contributed by atoms with Gasteiger partial charge in [-0.1, -0.05) is 0 Å². The second-order valence-corrected chi connectivity index (χ2v) is 4.18. The Bertz CT molecular complexity index is 441. The molecule has 0 amide bonds. The summed E-state index contributed by atoms with van der Waals surface area (Å²) in [6.45, 7) is 4.11. The van der Waals surface area contributed by atoms with E-state index < -0.39 is 5.97 Å². The zero-order chi connectivity index (χ0) is 13.7. The van der Waals surface area contributed by atoms with Gasteiger partial charge in [-0.15, -0.1) is 0 Å². The zero-order valence-electron chi connectivity index (χ0n) is 10.8. The van der Waals surface area contributed by atoms with Crippen LogP contribution in [-0.2, 0) is 9.53 Å². The minimum atomic E-state index is -0.857. The SMILES string of the molecule is CCOc1cc(N2CCOC(CC(=O)O)C2)ncn1. The topological polar surface area (TPSA) is 84.8 Å². The van der Waals surface area contributed by atoms with Crippen molar-refractivity contribution in [3.8, 4) is 5.88 Å². The third-order valence-electron chi connectivity index (χ3n) is 2.78. The molecule has 0 saturated carbocycles. The van der Waals surface area contributed by atoms with Crippen LogP contribution >= 0.6 is 0 Å². The molecule has 1 atom stereocenters. The number of hydrogen-bond donors (Lipinski definition) is 1. The first kappa shape index (κ1) is 13.5. The number of nitrogens with zero attached hydrogens (tertiary/aromatic N) is 3. The molecular formula is C12H17N3O4. The molecule has 0 bridgehead atoms. The molecule has 7 heteroatoms. The van der Waals surface area contributed by atoms with Crippen LogP contribution in [0.15, 0.2) is 12.4 Å². The minimum Gasteiger partial charge on any atom is -0.481 e. The maximum absolute atomic E-state index is 10.7. The van der Waals surface area contributed by atoms with Crippen molar-refractivity contribution >= 4 is 11.8 Å². The summed E-state index contributed by atoms with van der Waals surface area (Å²) < 4.78 is 10.7. The number of morpholine rings is 1. The summed E-state index contributed by atoms with van der Waals surface area (Å²) in [6, 6.07) is 1.76. The van der Waals surface area contributed by atoms with Gasteiger partial charge in [0.25, 0.3) is 0 Å². The number of aliphatic carboxylic acids is 1. The fourth-order valence-corrected chi connectivity index (χ4v) is 1.98. The van der Waals surface area contributed by atoms with Gasteiger partial charge in [-0.2, -0.15) is 0 Å². The summed E-state index contributed by atoms with van der Waals surface area (Å²) in [5.41, 5.74) is 0. The van der Waals surface area contributed by atoms with Crippen molar-refractivity contribution in [2.45, 2.75) is 19.4 Å². The Morgan fingerprint density at radius 1 is 1.63 bits per heavy atom. The highest BCUT2D eigenvalue weighted by Crippen LogP contribution is 2.19. The van der Waals surface area contributed by atoms with Gasteiger partial charge >= 0.3 is 5.97 Å². The summed E-state index contributed by atoms with van der Waals surface area (Å²) in [6.07, 6.45) is 1.14. The number of rotatable bonds is 5. The average Bonchev–Trinajstić information content (AvgIpc) is 2.39. The molecule has 0 radical (unpaired) electrons. The molecule has 104 valence electrons. The van der Waals surface area contributed by atoms with Gasteiger partial charge in [0.2, 0.25) is 5.88 Å². The third-order valence-corrected chi connectivity index (χ3v) is 2.78. The molecule has 0 spiro atoms. The van der Waals surface area contributed by atoms with Gasteiger partial charge in [0.15, 0.2) is 0 Å². The van der Waals surface area contributed by atoms with Gasteiger partial charge in [-0.3, -0.25) is 4.79 Å². The molecule has 1 aliphatic rings. The minimum absolute atomic E-state index is 0.0000985. The van der Waals surface area contributed by atoms with Crippen LogP contribution in [-0.4, -0.2) is 53.5 Å². The van der Waals surface area contributed by atoms with Crippen molar-refractivity contribution in [2.24, 2.45) is 0 Å². The normalized spacial score (nSPS) is 19.2. The Kier molecular flexibility index (Phi) is 4.51. The van der Waals surface area contributed by atoms with E-state index in [0.717, 1.165) is 5.82 Å². The average molecular weight is 267 g/mol. The van der Waals surface area contributed by atoms with E-state index in [1.54, 1.807) is 6.07 Å². The van der Waals surface area contributed by atoms with E-state index in [2.05, 4.69) is 9.97 Å². The molecule has 0 aliphatic carbocycles. The van der Waals surface area contributed by atoms with Crippen LogP contribution in [0.5, 0.6) is 5.88 Å². The summed E-state index contributed by atoms with van der Waals surface area (Å²) in [5.74, 6) is 0.399. The van der Waals surface area contributed by atoms with Crippen molar-refractivity contribution in [3.63, 3.8) is 0 Å². The Labute approximate surface area is 111 Å². The molecule has 1 aromatic heterocycles. The predicted molar refractivity (Wildman–Crippen MR) is 67.4 cm³/mol. The van der Waals surface area contributed by atoms with Crippen molar-refractivity contribution in [3.05, 3.63) is 12.4 Å². The molecule has 2 rings (SSSR count). The van der Waals surface area contributed by atoms with E-state index in [-0.39, 0.29) is 12.5 Å². The first-order chi connectivity index (χ1) is 9.19. The van der Waals surface area contributed by atoms with Crippen LogP contribution in [0.2, 0.25) is 0 Å². The van der Waals surface area contributed by atoms with Crippen LogP contribution in [0.1, 0.15) is 13.3 Å². The van der Waals surface area contributed by atoms with E-state index in [0.29, 0.717) is 32.2 Å². The summed E-state index contributed by atoms with van der Waals surface area (Å²) in [5, 5.41) is 8.79. The molecule has 2 heterocycles. The highest BCUT2D eigenvalue weighted by atomic mass is 16.5. The Morgan fingerprint density at radius 3 is 3.21 bits per heavy atom. The predicted octanol–water partition coefficient (Wildman–Crippen LogP) is 0.555. The lowest BCUT2D eigenvalue weighted by molar-refractivity contribution is -0.140. The standard InChI is InChI=1S/C12H17N3O4/c1-2-18-11-6-10(13-8-14-11)15-3-4-19-9(7-15)5-12(16)17/h6,8-9H,2-5,7H2,1H3,(H,16,17). The second-order valence-electron chi connectivity index (χ2n) is 4.18. The van der Waals surface area contributed by atoms with Crippen LogP contribution in [0.25, 0.3) is 0 Å². The van der Waals surface area contributed by atoms with Crippen LogP contribution in [0, 0.1) is 0 Å². The molecule has 7 nitrogen and oxygen atoms in total. The summed E-state index contributed by atoms with van der Waals surface area (Å²) >= 11 is 0. The molecule has 1 aromatic rings. The molecule has 1 aliphatic heterocycles. The van der Waals surface area contributed by atoms with Crippen LogP contribution < -0.4 is 9.64 Å². The lowest BCUT2D eigenvalue weighted by Crippen LogP contribution is -2.43. The number of carboxylic acid groups (broad SMARTS) is 1. The highest BCUT2D eigenvalue weighted by Gasteiger charge is 2.23. The van der Waals surface area contributed by atoms with E-state index in [4.69, 9.17) is 14.6 Å². The second kappa shape index (κ2) is 6.33. The fraction of sp³-hybridized carbons (Fsp3) is 0.583. The number of hydrogen-bond acceptors (Lipinski definition) is 6. The molecule has 0 aromatic carbocycles. The fourth-order valence-electron chi connectivity index (χ4n) is 1.98. The number of anilines is 1. The largest absolute Gasteiger partial charge is 0.481 e. The van der Waals surface area contributed by atoms with E-state index in [9.17, 15) is 4.79 Å². The van der Waals surface area contributed by atoms with Crippen molar-refractivity contribution in [2.75, 3.05) is 31.2 Å². The summed E-state index contributed by atoms with van der Waals surface area (Å²) in [7, 11) is 0. The Balaban J connectivity index is 2.04. The van der Waals surface area contributed by atoms with E-state index >= 15 is 0 Å². The van der Waals surface area contributed by atoms with Gasteiger partial charge in [-0.05, 0) is 6.92 Å². The van der Waals surface area contributed by atoms with E-state index in [1.807, 2.05) is 11.8 Å². The quantitative estimate of drug-likeness (QED) is 0.834. The maximum Gasteiger partial charge on any atom is 0.306 e. The van der Waals surface area contributed by atoms with Gasteiger partial charge in [0, 0.05) is 19.2 Å². The number of carboxylic acids is 1. The molecule has 19 heavy (non-hydrogen) atoms. The molecule has 1 saturated heterocycles. The number of aromatic nitrogens is 2.